The average molecular weight is 520 g/mol. The number of aliphatic hydroxyl groups excluding tert-OH is 1. The quantitative estimate of drug-likeness (QED) is 0.486. The number of hydrogen-bond donors (Lipinski definition) is 2. The van der Waals surface area contributed by atoms with Crippen LogP contribution in [0, 0.1) is 0 Å². The number of aliphatic hydroxyl groups is 1. The lowest BCUT2D eigenvalue weighted by Crippen LogP contribution is -2.30. The molecule has 2 aromatic heterocycles. The molecule has 0 fully saturated rings. The number of pyridine rings is 1. The Labute approximate surface area is 208 Å². The van der Waals surface area contributed by atoms with E-state index in [-0.39, 0.29) is 42.9 Å². The molecule has 0 saturated heterocycles. The molecule has 14 heteroatoms. The standard InChI is InChI=1S/C23H23F3N6O5/c1-13(10-33)32-12-27-30-20(32)17-4-3-5-19(28-17)29-21(34)16-6-14-8-31(9-15(14)7-18(16)36-2)22(35)37-11-23(24,25)26/h3-7,12-13,33H,8-11H2,1-2H3,(H,28,29,34)/t13-/m1/s1. The molecule has 0 unspecified atom stereocenters. The van der Waals surface area contributed by atoms with E-state index in [0.29, 0.717) is 22.6 Å². The zero-order valence-corrected chi connectivity index (χ0v) is 19.8. The summed E-state index contributed by atoms with van der Waals surface area (Å²) in [6, 6.07) is 7.73. The van der Waals surface area contributed by atoms with Gasteiger partial charge in [-0.2, -0.15) is 13.2 Å². The third kappa shape index (κ3) is 5.80. The van der Waals surface area contributed by atoms with Crippen LogP contribution in [0.15, 0.2) is 36.7 Å². The van der Waals surface area contributed by atoms with E-state index < -0.39 is 24.8 Å². The first kappa shape index (κ1) is 25.9. The van der Waals surface area contributed by atoms with Crippen molar-refractivity contribution in [3.63, 3.8) is 0 Å². The molecule has 11 nitrogen and oxygen atoms in total. The lowest BCUT2D eigenvalue weighted by molar-refractivity contribution is -0.162. The normalized spacial score (nSPS) is 13.7. The zero-order valence-electron chi connectivity index (χ0n) is 19.8. The van der Waals surface area contributed by atoms with Gasteiger partial charge < -0.3 is 24.5 Å². The lowest BCUT2D eigenvalue weighted by atomic mass is 10.0. The van der Waals surface area contributed by atoms with Crippen LogP contribution in [0.4, 0.5) is 23.8 Å². The summed E-state index contributed by atoms with van der Waals surface area (Å²) in [5.74, 6) is 0.292. The fourth-order valence-corrected chi connectivity index (χ4v) is 3.79. The molecule has 0 bridgehead atoms. The Morgan fingerprint density at radius 3 is 2.62 bits per heavy atom. The molecular formula is C23H23F3N6O5. The second kappa shape index (κ2) is 10.4. The summed E-state index contributed by atoms with van der Waals surface area (Å²) in [7, 11) is 1.37. The molecule has 1 aliphatic rings. The Bertz CT molecular complexity index is 1310. The van der Waals surface area contributed by atoms with Gasteiger partial charge in [-0.25, -0.2) is 9.78 Å². The Kier molecular flexibility index (Phi) is 7.29. The number of fused-ring (bicyclic) bond motifs is 1. The molecule has 3 aromatic rings. The number of carbonyl (C=O) groups is 2. The number of hydrogen-bond acceptors (Lipinski definition) is 8. The van der Waals surface area contributed by atoms with Crippen molar-refractivity contribution < 1.29 is 37.3 Å². The van der Waals surface area contributed by atoms with E-state index in [4.69, 9.17) is 4.74 Å². The summed E-state index contributed by atoms with van der Waals surface area (Å²) in [6.45, 7) is -0.0344. The molecule has 1 aromatic carbocycles. The number of nitrogens with zero attached hydrogens (tertiary/aromatic N) is 5. The van der Waals surface area contributed by atoms with Gasteiger partial charge in [0.2, 0.25) is 0 Å². The van der Waals surface area contributed by atoms with Crippen molar-refractivity contribution in [3.8, 4) is 17.3 Å². The Morgan fingerprint density at radius 2 is 1.95 bits per heavy atom. The minimum Gasteiger partial charge on any atom is -0.496 e. The van der Waals surface area contributed by atoms with Crippen molar-refractivity contribution in [1.29, 1.82) is 0 Å². The SMILES string of the molecule is COc1cc2c(cc1C(=O)Nc1cccc(-c3nncn3[C@H](C)CO)n1)CN(C(=O)OCC(F)(F)F)C2. The molecule has 1 atom stereocenters. The first-order valence-corrected chi connectivity index (χ1v) is 11.1. The predicted molar refractivity (Wildman–Crippen MR) is 123 cm³/mol. The molecular weight excluding hydrogens is 497 g/mol. The second-order valence-corrected chi connectivity index (χ2v) is 8.30. The van der Waals surface area contributed by atoms with Gasteiger partial charge in [0.25, 0.3) is 5.91 Å². The third-order valence-corrected chi connectivity index (χ3v) is 5.64. The molecule has 4 rings (SSSR count). The number of nitrogens with one attached hydrogen (secondary N) is 1. The highest BCUT2D eigenvalue weighted by Gasteiger charge is 2.33. The molecule has 2 N–H and O–H groups in total. The van der Waals surface area contributed by atoms with Crippen LogP contribution in [-0.4, -0.2) is 68.3 Å². The maximum atomic E-state index is 13.1. The summed E-state index contributed by atoms with van der Waals surface area (Å²) < 4.78 is 48.5. The van der Waals surface area contributed by atoms with Gasteiger partial charge >= 0.3 is 12.3 Å². The number of ether oxygens (including phenoxy) is 2. The number of rotatable bonds is 7. The molecule has 0 radical (unpaired) electrons. The maximum Gasteiger partial charge on any atom is 0.422 e. The van der Waals surface area contributed by atoms with Crippen LogP contribution in [0.2, 0.25) is 0 Å². The first-order chi connectivity index (χ1) is 17.6. The van der Waals surface area contributed by atoms with E-state index in [1.54, 1.807) is 35.8 Å². The highest BCUT2D eigenvalue weighted by molar-refractivity contribution is 6.06. The zero-order chi connectivity index (χ0) is 26.7. The minimum atomic E-state index is -4.63. The van der Waals surface area contributed by atoms with E-state index in [2.05, 4.69) is 25.2 Å². The van der Waals surface area contributed by atoms with Crippen LogP contribution in [-0.2, 0) is 17.8 Å². The summed E-state index contributed by atoms with van der Waals surface area (Å²) in [4.78, 5) is 30.7. The molecule has 2 amide bonds. The second-order valence-electron chi connectivity index (χ2n) is 8.30. The van der Waals surface area contributed by atoms with Crippen molar-refractivity contribution in [2.45, 2.75) is 32.2 Å². The van der Waals surface area contributed by atoms with Crippen molar-refractivity contribution >= 4 is 17.8 Å². The molecule has 0 spiro atoms. The van der Waals surface area contributed by atoms with Crippen molar-refractivity contribution in [1.82, 2.24) is 24.6 Å². The maximum absolute atomic E-state index is 13.1. The summed E-state index contributed by atoms with van der Waals surface area (Å²) in [5.41, 5.74) is 1.76. The van der Waals surface area contributed by atoms with Gasteiger partial charge in [-0.3, -0.25) is 9.69 Å². The van der Waals surface area contributed by atoms with Gasteiger partial charge in [-0.1, -0.05) is 6.07 Å². The topological polar surface area (TPSA) is 132 Å². The Balaban J connectivity index is 1.52. The van der Waals surface area contributed by atoms with Crippen LogP contribution in [0.3, 0.4) is 0 Å². The molecule has 0 saturated carbocycles. The number of aromatic nitrogens is 4. The van der Waals surface area contributed by atoms with Gasteiger partial charge in [0, 0.05) is 13.1 Å². The highest BCUT2D eigenvalue weighted by atomic mass is 19.4. The van der Waals surface area contributed by atoms with Crippen molar-refractivity contribution in [3.05, 3.63) is 53.3 Å². The van der Waals surface area contributed by atoms with Crippen LogP contribution in [0.25, 0.3) is 11.5 Å². The van der Waals surface area contributed by atoms with Crippen LogP contribution < -0.4 is 10.1 Å². The Hall–Kier alpha value is -4.20. The average Bonchev–Trinajstić information content (AvgIpc) is 3.52. The Morgan fingerprint density at radius 1 is 1.22 bits per heavy atom. The fraction of sp³-hybridized carbons (Fsp3) is 0.348. The van der Waals surface area contributed by atoms with E-state index >= 15 is 0 Å². The predicted octanol–water partition coefficient (Wildman–Crippen LogP) is 3.17. The van der Waals surface area contributed by atoms with Gasteiger partial charge in [0.05, 0.1) is 25.3 Å². The third-order valence-electron chi connectivity index (χ3n) is 5.64. The monoisotopic (exact) mass is 520 g/mol. The van der Waals surface area contributed by atoms with Crippen LogP contribution >= 0.6 is 0 Å². The van der Waals surface area contributed by atoms with Gasteiger partial charge in [0.1, 0.15) is 23.6 Å². The molecule has 196 valence electrons. The van der Waals surface area contributed by atoms with Gasteiger partial charge in [-0.15, -0.1) is 10.2 Å². The van der Waals surface area contributed by atoms with E-state index in [1.165, 1.54) is 19.5 Å². The first-order valence-electron chi connectivity index (χ1n) is 11.1. The summed E-state index contributed by atoms with van der Waals surface area (Å²) in [6.07, 6.45) is -4.27. The van der Waals surface area contributed by atoms with Crippen LogP contribution in [0.5, 0.6) is 5.75 Å². The van der Waals surface area contributed by atoms with Crippen LogP contribution in [0.1, 0.15) is 34.5 Å². The van der Waals surface area contributed by atoms with E-state index in [9.17, 15) is 27.9 Å². The number of carbonyl (C=O) groups excluding carboxylic acids is 2. The van der Waals surface area contributed by atoms with Crippen molar-refractivity contribution in [2.75, 3.05) is 25.6 Å². The molecule has 3 heterocycles. The fourth-order valence-electron chi connectivity index (χ4n) is 3.79. The number of benzene rings is 1. The molecule has 0 aliphatic carbocycles. The molecule has 1 aliphatic heterocycles. The molecule has 37 heavy (non-hydrogen) atoms. The smallest absolute Gasteiger partial charge is 0.422 e. The number of halogens is 3. The van der Waals surface area contributed by atoms with Gasteiger partial charge in [-0.05, 0) is 42.3 Å². The lowest BCUT2D eigenvalue weighted by Gasteiger charge is -2.16. The number of alkyl halides is 3. The number of anilines is 1. The minimum absolute atomic E-state index is 0.0147. The van der Waals surface area contributed by atoms with Gasteiger partial charge in [0.15, 0.2) is 12.4 Å². The summed E-state index contributed by atoms with van der Waals surface area (Å²) >= 11 is 0. The highest BCUT2D eigenvalue weighted by Crippen LogP contribution is 2.31. The van der Waals surface area contributed by atoms with E-state index in [1.807, 2.05) is 0 Å². The van der Waals surface area contributed by atoms with Crippen molar-refractivity contribution in [2.24, 2.45) is 0 Å². The number of methoxy groups -OCH3 is 1. The summed E-state index contributed by atoms with van der Waals surface area (Å²) in [5, 5.41) is 20.1. The van der Waals surface area contributed by atoms with E-state index in [0.717, 1.165) is 4.90 Å². The number of amides is 2. The largest absolute Gasteiger partial charge is 0.496 e.